The van der Waals surface area contributed by atoms with Crippen molar-refractivity contribution in [2.24, 2.45) is 17.8 Å². The highest BCUT2D eigenvalue weighted by Crippen LogP contribution is 2.52. The Morgan fingerprint density at radius 1 is 1.32 bits per heavy atom. The van der Waals surface area contributed by atoms with Gasteiger partial charge in [0.1, 0.15) is 12.2 Å². The van der Waals surface area contributed by atoms with Gasteiger partial charge in [0.25, 0.3) is 0 Å². The zero-order valence-corrected chi connectivity index (χ0v) is 14.7. The van der Waals surface area contributed by atoms with Crippen LogP contribution in [0.2, 0.25) is 0 Å². The molecule has 2 saturated carbocycles. The van der Waals surface area contributed by atoms with Gasteiger partial charge in [0, 0.05) is 17.1 Å². The summed E-state index contributed by atoms with van der Waals surface area (Å²) in [6.07, 6.45) is 0.897. The second kappa shape index (κ2) is 6.30. The van der Waals surface area contributed by atoms with E-state index in [1.807, 2.05) is 0 Å². The monoisotopic (exact) mass is 344 g/mol. The van der Waals surface area contributed by atoms with Crippen molar-refractivity contribution in [3.8, 4) is 0 Å². The molecule has 1 N–H and O–H groups in total. The van der Waals surface area contributed by atoms with Crippen LogP contribution in [0.3, 0.4) is 0 Å². The third kappa shape index (κ3) is 2.76. The lowest BCUT2D eigenvalue weighted by Gasteiger charge is -2.27. The minimum Gasteiger partial charge on any atom is -0.458 e. The normalized spacial score (nSPS) is 38.1. The second-order valence-corrected chi connectivity index (χ2v) is 7.16. The van der Waals surface area contributed by atoms with Gasteiger partial charge in [-0.1, -0.05) is 31.4 Å². The second-order valence-electron chi connectivity index (χ2n) is 7.16. The zero-order valence-electron chi connectivity index (χ0n) is 14.7. The highest BCUT2D eigenvalue weighted by Gasteiger charge is 2.56. The molecule has 2 aliphatic carbocycles. The highest BCUT2D eigenvalue weighted by atomic mass is 16.6. The van der Waals surface area contributed by atoms with E-state index in [2.05, 4.69) is 19.7 Å². The molecule has 0 spiro atoms. The van der Waals surface area contributed by atoms with E-state index in [0.29, 0.717) is 24.0 Å². The van der Waals surface area contributed by atoms with Crippen molar-refractivity contribution in [1.29, 1.82) is 0 Å². The number of rotatable bonds is 2. The first-order chi connectivity index (χ1) is 11.8. The Labute approximate surface area is 147 Å². The Kier molecular flexibility index (Phi) is 4.45. The Balaban J connectivity index is 1.90. The molecule has 1 heterocycles. The minimum absolute atomic E-state index is 0.0421. The lowest BCUT2D eigenvalue weighted by atomic mass is 9.81. The molecule has 3 aliphatic rings. The lowest BCUT2D eigenvalue weighted by molar-refractivity contribution is -0.143. The van der Waals surface area contributed by atoms with Gasteiger partial charge in [-0.3, -0.25) is 0 Å². The first-order valence-electron chi connectivity index (χ1n) is 8.54. The topological polar surface area (TPSA) is 72.8 Å². The van der Waals surface area contributed by atoms with Crippen LogP contribution in [0.15, 0.2) is 48.1 Å². The van der Waals surface area contributed by atoms with Crippen LogP contribution < -0.4 is 0 Å². The molecule has 1 aliphatic heterocycles. The van der Waals surface area contributed by atoms with Gasteiger partial charge in [-0.05, 0) is 38.2 Å². The van der Waals surface area contributed by atoms with Crippen molar-refractivity contribution < 1.29 is 24.2 Å². The molecule has 3 fully saturated rings. The minimum atomic E-state index is -0.749. The van der Waals surface area contributed by atoms with E-state index in [4.69, 9.17) is 9.47 Å². The number of hydrogen-bond donors (Lipinski definition) is 1. The van der Waals surface area contributed by atoms with E-state index < -0.39 is 30.2 Å². The molecule has 25 heavy (non-hydrogen) atoms. The van der Waals surface area contributed by atoms with Gasteiger partial charge in [0.15, 0.2) is 0 Å². The van der Waals surface area contributed by atoms with Crippen LogP contribution in [-0.4, -0.2) is 35.4 Å². The van der Waals surface area contributed by atoms with Crippen molar-refractivity contribution in [3.63, 3.8) is 0 Å². The van der Waals surface area contributed by atoms with E-state index in [0.717, 1.165) is 11.1 Å². The van der Waals surface area contributed by atoms with Crippen molar-refractivity contribution in [2.45, 2.75) is 45.0 Å². The Hall–Kier alpha value is -2.14. The van der Waals surface area contributed by atoms with Gasteiger partial charge in [0.2, 0.25) is 0 Å². The molecule has 134 valence electrons. The highest BCUT2D eigenvalue weighted by molar-refractivity contribution is 5.91. The smallest absolute Gasteiger partial charge is 0.334 e. The molecule has 1 saturated heterocycles. The summed E-state index contributed by atoms with van der Waals surface area (Å²) in [6.45, 7) is 15.5. The molecular formula is C20H24O5. The number of hydrogen-bond acceptors (Lipinski definition) is 5. The van der Waals surface area contributed by atoms with Crippen LogP contribution in [0.25, 0.3) is 0 Å². The Morgan fingerprint density at radius 3 is 2.64 bits per heavy atom. The number of allylic oxidation sites excluding steroid dienone is 1. The molecule has 6 unspecified atom stereocenters. The first kappa shape index (κ1) is 17.7. The molecule has 0 aromatic rings. The number of esters is 2. The van der Waals surface area contributed by atoms with Gasteiger partial charge in [-0.15, -0.1) is 0 Å². The zero-order chi connectivity index (χ0) is 18.5. The molecule has 0 radical (unpaired) electrons. The predicted octanol–water partition coefficient (Wildman–Crippen LogP) is 2.48. The average molecular weight is 344 g/mol. The number of ether oxygens (including phenoxy) is 2. The van der Waals surface area contributed by atoms with Crippen LogP contribution >= 0.6 is 0 Å². The fourth-order valence-corrected chi connectivity index (χ4v) is 4.23. The van der Waals surface area contributed by atoms with Crippen LogP contribution in [0.4, 0.5) is 0 Å². The number of fused-ring (bicyclic) bond motifs is 3. The summed E-state index contributed by atoms with van der Waals surface area (Å²) in [5.41, 5.74) is 2.42. The standard InChI is InChI=1S/C20H24O5/c1-6-9(2)19(22)24-15-8-13-10(3)7-14(21)17-12(5)20(23)25-18(17)16(13)11(15)4/h6,13-18,21H,3-5,7-8H2,1-2H3. The van der Waals surface area contributed by atoms with Crippen molar-refractivity contribution in [1.82, 2.24) is 0 Å². The molecule has 0 aromatic heterocycles. The summed E-state index contributed by atoms with van der Waals surface area (Å²) in [4.78, 5) is 24.1. The molecule has 0 bridgehead atoms. The summed E-state index contributed by atoms with van der Waals surface area (Å²) in [5, 5.41) is 10.5. The number of carbonyl (C=O) groups is 2. The number of aliphatic hydroxyl groups excluding tert-OH is 1. The summed E-state index contributed by atoms with van der Waals surface area (Å²) in [6, 6.07) is 0. The first-order valence-corrected chi connectivity index (χ1v) is 8.54. The maximum atomic E-state index is 12.1. The predicted molar refractivity (Wildman–Crippen MR) is 92.3 cm³/mol. The molecule has 0 amide bonds. The molecule has 6 atom stereocenters. The maximum absolute atomic E-state index is 12.1. The largest absolute Gasteiger partial charge is 0.458 e. The van der Waals surface area contributed by atoms with Crippen LogP contribution in [0, 0.1) is 17.8 Å². The SMILES string of the molecule is C=C1CC(O)C2C(=C)C(=O)OC2C2C(=C)C(OC(=O)C(C)=CC)CC12. The van der Waals surface area contributed by atoms with E-state index in [1.54, 1.807) is 19.9 Å². The molecule has 5 heteroatoms. The van der Waals surface area contributed by atoms with Crippen molar-refractivity contribution in [3.05, 3.63) is 48.1 Å². The third-order valence-corrected chi connectivity index (χ3v) is 5.77. The molecule has 3 rings (SSSR count). The van der Waals surface area contributed by atoms with Crippen LogP contribution in [0.5, 0.6) is 0 Å². The Bertz CT molecular complexity index is 701. The van der Waals surface area contributed by atoms with E-state index in [-0.39, 0.29) is 17.8 Å². The van der Waals surface area contributed by atoms with Gasteiger partial charge in [-0.25, -0.2) is 9.59 Å². The quantitative estimate of drug-likeness (QED) is 0.473. The molecular weight excluding hydrogens is 320 g/mol. The van der Waals surface area contributed by atoms with Gasteiger partial charge < -0.3 is 14.6 Å². The lowest BCUT2D eigenvalue weighted by Crippen LogP contribution is -2.34. The van der Waals surface area contributed by atoms with E-state index in [9.17, 15) is 14.7 Å². The third-order valence-electron chi connectivity index (χ3n) is 5.77. The van der Waals surface area contributed by atoms with Gasteiger partial charge in [-0.2, -0.15) is 0 Å². The average Bonchev–Trinajstić information content (AvgIpc) is 3.00. The van der Waals surface area contributed by atoms with Gasteiger partial charge in [0.05, 0.1) is 12.0 Å². The molecule has 0 aromatic carbocycles. The van der Waals surface area contributed by atoms with Crippen molar-refractivity contribution >= 4 is 11.9 Å². The summed E-state index contributed by atoms with van der Waals surface area (Å²) in [5.74, 6) is -1.58. The van der Waals surface area contributed by atoms with Crippen molar-refractivity contribution in [2.75, 3.05) is 0 Å². The summed E-state index contributed by atoms with van der Waals surface area (Å²) < 4.78 is 11.1. The number of aliphatic hydroxyl groups is 1. The summed E-state index contributed by atoms with van der Waals surface area (Å²) >= 11 is 0. The number of carbonyl (C=O) groups excluding carboxylic acids is 2. The van der Waals surface area contributed by atoms with Gasteiger partial charge >= 0.3 is 11.9 Å². The van der Waals surface area contributed by atoms with Crippen LogP contribution in [-0.2, 0) is 19.1 Å². The molecule has 5 nitrogen and oxygen atoms in total. The van der Waals surface area contributed by atoms with Crippen LogP contribution in [0.1, 0.15) is 26.7 Å². The Morgan fingerprint density at radius 2 is 2.00 bits per heavy atom. The fourth-order valence-electron chi connectivity index (χ4n) is 4.23. The fraction of sp³-hybridized carbons (Fsp3) is 0.500. The van der Waals surface area contributed by atoms with E-state index in [1.165, 1.54) is 0 Å². The maximum Gasteiger partial charge on any atom is 0.334 e. The van der Waals surface area contributed by atoms with E-state index >= 15 is 0 Å². The summed E-state index contributed by atoms with van der Waals surface area (Å²) in [7, 11) is 0.